The van der Waals surface area contributed by atoms with Crippen molar-refractivity contribution < 1.29 is 0 Å². The van der Waals surface area contributed by atoms with Gasteiger partial charge in [0, 0.05) is 61.8 Å². The standard InChI is InChI=1S/C17H20N6O/c24-17-4-3-15(20-21-17)22-6-12-8-23(9-13(12)7-22)16-5-14(11-1-2-11)18-10-19-16/h3-5,10-13H,1-2,6-9H2,(H,21,24). The van der Waals surface area contributed by atoms with E-state index in [2.05, 4.69) is 36.0 Å². The highest BCUT2D eigenvalue weighted by molar-refractivity contribution is 5.45. The van der Waals surface area contributed by atoms with Crippen LogP contribution in [0, 0.1) is 11.8 Å². The smallest absolute Gasteiger partial charge is 0.264 e. The second-order valence-corrected chi connectivity index (χ2v) is 7.18. The molecule has 2 unspecified atom stereocenters. The molecular formula is C17H20N6O. The Morgan fingerprint density at radius 2 is 1.67 bits per heavy atom. The van der Waals surface area contributed by atoms with Crippen LogP contribution in [-0.4, -0.2) is 46.3 Å². The second kappa shape index (κ2) is 5.29. The molecule has 7 heteroatoms. The first-order chi connectivity index (χ1) is 11.8. The predicted molar refractivity (Wildman–Crippen MR) is 90.3 cm³/mol. The number of nitrogens with zero attached hydrogens (tertiary/aromatic N) is 5. The lowest BCUT2D eigenvalue weighted by molar-refractivity contribution is 0.533. The minimum absolute atomic E-state index is 0.153. The third kappa shape index (κ3) is 2.44. The van der Waals surface area contributed by atoms with Crippen molar-refractivity contribution in [1.82, 2.24) is 20.2 Å². The molecule has 3 aliphatic rings. The summed E-state index contributed by atoms with van der Waals surface area (Å²) >= 11 is 0. The van der Waals surface area contributed by atoms with E-state index < -0.39 is 0 Å². The lowest BCUT2D eigenvalue weighted by Gasteiger charge is -2.23. The molecule has 1 N–H and O–H groups in total. The van der Waals surface area contributed by atoms with Crippen molar-refractivity contribution >= 4 is 11.6 Å². The highest BCUT2D eigenvalue weighted by atomic mass is 16.1. The van der Waals surface area contributed by atoms with E-state index in [1.54, 1.807) is 12.4 Å². The third-order valence-corrected chi connectivity index (χ3v) is 5.47. The number of anilines is 2. The summed E-state index contributed by atoms with van der Waals surface area (Å²) in [5, 5.41) is 6.68. The predicted octanol–water partition coefficient (Wildman–Crippen LogP) is 1.01. The molecule has 0 amide bonds. The largest absolute Gasteiger partial charge is 0.356 e. The number of rotatable bonds is 3. The molecule has 1 aliphatic carbocycles. The Morgan fingerprint density at radius 3 is 2.29 bits per heavy atom. The summed E-state index contributed by atoms with van der Waals surface area (Å²) in [4.78, 5) is 24.8. The van der Waals surface area contributed by atoms with Gasteiger partial charge in [0.2, 0.25) is 0 Å². The topological polar surface area (TPSA) is 78.0 Å². The molecule has 2 atom stereocenters. The Bertz CT molecular complexity index is 782. The molecule has 0 bridgehead atoms. The van der Waals surface area contributed by atoms with E-state index in [4.69, 9.17) is 0 Å². The fourth-order valence-electron chi connectivity index (χ4n) is 4.02. The maximum absolute atomic E-state index is 11.2. The number of hydrogen-bond donors (Lipinski definition) is 1. The fraction of sp³-hybridized carbons (Fsp3) is 0.529. The van der Waals surface area contributed by atoms with Gasteiger partial charge in [0.1, 0.15) is 18.0 Å². The number of nitrogens with one attached hydrogen (secondary N) is 1. The van der Waals surface area contributed by atoms with Crippen molar-refractivity contribution in [2.24, 2.45) is 11.8 Å². The van der Waals surface area contributed by atoms with Crippen molar-refractivity contribution in [3.05, 3.63) is 40.6 Å². The van der Waals surface area contributed by atoms with Crippen LogP contribution >= 0.6 is 0 Å². The van der Waals surface area contributed by atoms with Crippen LogP contribution in [0.3, 0.4) is 0 Å². The average molecular weight is 324 g/mol. The van der Waals surface area contributed by atoms with E-state index in [9.17, 15) is 4.79 Å². The van der Waals surface area contributed by atoms with Crippen LogP contribution in [0.5, 0.6) is 0 Å². The first-order valence-electron chi connectivity index (χ1n) is 8.64. The van der Waals surface area contributed by atoms with Gasteiger partial charge in [-0.2, -0.15) is 5.10 Å². The summed E-state index contributed by atoms with van der Waals surface area (Å²) in [6.45, 7) is 4.04. The van der Waals surface area contributed by atoms with Crippen molar-refractivity contribution in [3.8, 4) is 0 Å². The van der Waals surface area contributed by atoms with Crippen LogP contribution in [0.1, 0.15) is 24.5 Å². The highest BCUT2D eigenvalue weighted by Crippen LogP contribution is 2.40. The summed E-state index contributed by atoms with van der Waals surface area (Å²) in [7, 11) is 0. The SMILES string of the molecule is O=c1ccc(N2CC3CN(c4cc(C5CC5)ncn4)CC3C2)n[nH]1. The van der Waals surface area contributed by atoms with Crippen molar-refractivity contribution in [2.75, 3.05) is 36.0 Å². The maximum Gasteiger partial charge on any atom is 0.264 e. The molecule has 2 aromatic heterocycles. The van der Waals surface area contributed by atoms with Crippen LogP contribution in [0.25, 0.3) is 0 Å². The molecule has 7 nitrogen and oxygen atoms in total. The maximum atomic E-state index is 11.2. The van der Waals surface area contributed by atoms with Crippen molar-refractivity contribution in [1.29, 1.82) is 0 Å². The van der Waals surface area contributed by atoms with Crippen molar-refractivity contribution in [2.45, 2.75) is 18.8 Å². The Labute approximate surface area is 139 Å². The molecule has 0 radical (unpaired) electrons. The average Bonchev–Trinajstić information content (AvgIpc) is 3.26. The monoisotopic (exact) mass is 324 g/mol. The first-order valence-corrected chi connectivity index (χ1v) is 8.64. The molecule has 0 spiro atoms. The molecule has 2 aliphatic heterocycles. The summed E-state index contributed by atoms with van der Waals surface area (Å²) in [5.74, 6) is 3.86. The normalized spacial score (nSPS) is 26.0. The van der Waals surface area contributed by atoms with E-state index in [1.807, 2.05) is 6.07 Å². The minimum atomic E-state index is -0.153. The van der Waals surface area contributed by atoms with E-state index in [0.717, 1.165) is 37.8 Å². The molecule has 124 valence electrons. The molecule has 0 aromatic carbocycles. The van der Waals surface area contributed by atoms with E-state index in [1.165, 1.54) is 18.5 Å². The number of aromatic amines is 1. The minimum Gasteiger partial charge on any atom is -0.356 e. The fourth-order valence-corrected chi connectivity index (χ4v) is 4.02. The van der Waals surface area contributed by atoms with Crippen LogP contribution in [-0.2, 0) is 0 Å². The quantitative estimate of drug-likeness (QED) is 0.908. The van der Waals surface area contributed by atoms with Gasteiger partial charge in [0.05, 0.1) is 0 Å². The number of aromatic nitrogens is 4. The second-order valence-electron chi connectivity index (χ2n) is 7.18. The molecule has 1 saturated carbocycles. The molecular weight excluding hydrogens is 304 g/mol. The number of H-pyrrole nitrogens is 1. The van der Waals surface area contributed by atoms with Crippen LogP contribution in [0.2, 0.25) is 0 Å². The zero-order valence-electron chi connectivity index (χ0n) is 13.4. The number of fused-ring (bicyclic) bond motifs is 1. The Morgan fingerprint density at radius 1 is 0.958 bits per heavy atom. The third-order valence-electron chi connectivity index (χ3n) is 5.47. The van der Waals surface area contributed by atoms with Gasteiger partial charge in [0.15, 0.2) is 0 Å². The molecule has 2 aromatic rings. The van der Waals surface area contributed by atoms with Gasteiger partial charge < -0.3 is 9.80 Å². The van der Waals surface area contributed by atoms with E-state index in [0.29, 0.717) is 17.8 Å². The zero-order valence-corrected chi connectivity index (χ0v) is 13.4. The first kappa shape index (κ1) is 13.9. The molecule has 2 saturated heterocycles. The van der Waals surface area contributed by atoms with Gasteiger partial charge in [-0.05, 0) is 18.9 Å². The summed E-state index contributed by atoms with van der Waals surface area (Å²) < 4.78 is 0. The van der Waals surface area contributed by atoms with Gasteiger partial charge in [-0.25, -0.2) is 15.1 Å². The van der Waals surface area contributed by atoms with Gasteiger partial charge in [0.25, 0.3) is 5.56 Å². The van der Waals surface area contributed by atoms with Gasteiger partial charge in [-0.3, -0.25) is 4.79 Å². The van der Waals surface area contributed by atoms with Gasteiger partial charge in [-0.1, -0.05) is 0 Å². The number of hydrogen-bond acceptors (Lipinski definition) is 6. The zero-order chi connectivity index (χ0) is 16.1. The lowest BCUT2D eigenvalue weighted by Crippen LogP contribution is -2.30. The van der Waals surface area contributed by atoms with Crippen LogP contribution in [0.15, 0.2) is 29.3 Å². The van der Waals surface area contributed by atoms with E-state index >= 15 is 0 Å². The Kier molecular flexibility index (Phi) is 3.08. The molecule has 4 heterocycles. The summed E-state index contributed by atoms with van der Waals surface area (Å²) in [6, 6.07) is 5.53. The molecule has 3 fully saturated rings. The van der Waals surface area contributed by atoms with Crippen LogP contribution in [0.4, 0.5) is 11.6 Å². The Balaban J connectivity index is 1.29. The Hall–Kier alpha value is -2.44. The van der Waals surface area contributed by atoms with Gasteiger partial charge >= 0.3 is 0 Å². The van der Waals surface area contributed by atoms with Crippen molar-refractivity contribution in [3.63, 3.8) is 0 Å². The lowest BCUT2D eigenvalue weighted by atomic mass is 10.0. The van der Waals surface area contributed by atoms with Crippen LogP contribution < -0.4 is 15.4 Å². The summed E-state index contributed by atoms with van der Waals surface area (Å²) in [5.41, 5.74) is 1.05. The van der Waals surface area contributed by atoms with E-state index in [-0.39, 0.29) is 5.56 Å². The summed E-state index contributed by atoms with van der Waals surface area (Å²) in [6.07, 6.45) is 4.25. The highest BCUT2D eigenvalue weighted by Gasteiger charge is 2.41. The van der Waals surface area contributed by atoms with Gasteiger partial charge in [-0.15, -0.1) is 0 Å². The molecule has 5 rings (SSSR count). The molecule has 24 heavy (non-hydrogen) atoms.